The average Bonchev–Trinajstić information content (AvgIpc) is 3.09. The number of benzene rings is 1. The normalized spacial score (nSPS) is 10.6. The Kier molecular flexibility index (Phi) is 3.90. The van der Waals surface area contributed by atoms with Crippen LogP contribution in [0.15, 0.2) is 52.4 Å². The van der Waals surface area contributed by atoms with Gasteiger partial charge < -0.3 is 4.98 Å². The second-order valence-corrected chi connectivity index (χ2v) is 6.23. The quantitative estimate of drug-likeness (QED) is 0.745. The van der Waals surface area contributed by atoms with Crippen molar-refractivity contribution in [3.8, 4) is 0 Å². The lowest BCUT2D eigenvalue weighted by molar-refractivity contribution is 0.0995. The van der Waals surface area contributed by atoms with Crippen LogP contribution in [0.1, 0.15) is 16.2 Å². The summed E-state index contributed by atoms with van der Waals surface area (Å²) in [7, 11) is 0. The number of aryl methyl sites for hydroxylation is 1. The molecule has 0 unspecified atom stereocenters. The first-order chi connectivity index (χ1) is 10.1. The Morgan fingerprint density at radius 1 is 1.33 bits per heavy atom. The van der Waals surface area contributed by atoms with Crippen molar-refractivity contribution < 1.29 is 4.79 Å². The third kappa shape index (κ3) is 2.91. The van der Waals surface area contributed by atoms with E-state index in [0.29, 0.717) is 10.8 Å². The maximum Gasteiger partial charge on any atom is 0.281 e. The monoisotopic (exact) mass is 361 g/mol. The van der Waals surface area contributed by atoms with Crippen molar-refractivity contribution in [3.63, 3.8) is 0 Å². The second-order valence-electron chi connectivity index (χ2n) is 4.48. The number of halogens is 1. The molecule has 2 heterocycles. The van der Waals surface area contributed by atoms with E-state index in [1.165, 1.54) is 11.3 Å². The summed E-state index contributed by atoms with van der Waals surface area (Å²) in [4.78, 5) is 21.8. The molecule has 6 heteroatoms. The molecule has 0 aliphatic carbocycles. The number of nitrogens with zero attached hydrogens (tertiary/aromatic N) is 2. The Hall–Kier alpha value is -1.92. The Balaban J connectivity index is 2.06. The number of amides is 1. The van der Waals surface area contributed by atoms with Crippen LogP contribution in [0, 0.1) is 6.92 Å². The molecule has 106 valence electrons. The van der Waals surface area contributed by atoms with E-state index in [1.54, 1.807) is 17.2 Å². The lowest BCUT2D eigenvalue weighted by atomic mass is 10.2. The van der Waals surface area contributed by atoms with E-state index in [-0.39, 0.29) is 5.91 Å². The number of hydrogen-bond donors (Lipinski definition) is 1. The van der Waals surface area contributed by atoms with Gasteiger partial charge in [0.05, 0.1) is 11.4 Å². The van der Waals surface area contributed by atoms with Crippen molar-refractivity contribution in [2.24, 2.45) is 0 Å². The van der Waals surface area contributed by atoms with E-state index in [1.807, 2.05) is 42.6 Å². The van der Waals surface area contributed by atoms with Crippen LogP contribution in [0.3, 0.4) is 0 Å². The standard InChI is InChI=1S/C15H12BrN3OS/c1-10-9-21-15(18-10)19(12-5-3-2-4-6-12)14(20)13-7-11(16)8-17-13/h2-9,17H,1H3. The van der Waals surface area contributed by atoms with Crippen molar-refractivity contribution in [3.05, 3.63) is 63.8 Å². The van der Waals surface area contributed by atoms with Crippen LogP contribution in [-0.2, 0) is 0 Å². The van der Waals surface area contributed by atoms with E-state index >= 15 is 0 Å². The molecule has 0 fully saturated rings. The van der Waals surface area contributed by atoms with Gasteiger partial charge in [-0.15, -0.1) is 11.3 Å². The molecule has 3 aromatic rings. The molecule has 0 spiro atoms. The molecule has 0 saturated heterocycles. The molecule has 1 amide bonds. The van der Waals surface area contributed by atoms with E-state index in [4.69, 9.17) is 0 Å². The summed E-state index contributed by atoms with van der Waals surface area (Å²) < 4.78 is 0.842. The fraction of sp³-hybridized carbons (Fsp3) is 0.0667. The molecular formula is C15H12BrN3OS. The van der Waals surface area contributed by atoms with E-state index in [9.17, 15) is 4.79 Å². The van der Waals surface area contributed by atoms with Crippen LogP contribution in [-0.4, -0.2) is 15.9 Å². The summed E-state index contributed by atoms with van der Waals surface area (Å²) >= 11 is 4.80. The number of nitrogens with one attached hydrogen (secondary N) is 1. The maximum atomic E-state index is 12.8. The number of aromatic nitrogens is 2. The van der Waals surface area contributed by atoms with Gasteiger partial charge in [-0.2, -0.15) is 0 Å². The van der Waals surface area contributed by atoms with Gasteiger partial charge in [-0.25, -0.2) is 4.98 Å². The largest absolute Gasteiger partial charge is 0.356 e. The number of hydrogen-bond acceptors (Lipinski definition) is 3. The zero-order valence-corrected chi connectivity index (χ0v) is 13.6. The van der Waals surface area contributed by atoms with Gasteiger partial charge in [0, 0.05) is 16.0 Å². The minimum atomic E-state index is -0.138. The van der Waals surface area contributed by atoms with Gasteiger partial charge in [0.25, 0.3) is 5.91 Å². The van der Waals surface area contributed by atoms with Crippen LogP contribution in [0.2, 0.25) is 0 Å². The lowest BCUT2D eigenvalue weighted by Gasteiger charge is -2.19. The van der Waals surface area contributed by atoms with Crippen molar-refractivity contribution in [2.75, 3.05) is 4.90 Å². The summed E-state index contributed by atoms with van der Waals surface area (Å²) in [6, 6.07) is 11.3. The number of para-hydroxylation sites is 1. The Morgan fingerprint density at radius 3 is 2.67 bits per heavy atom. The number of H-pyrrole nitrogens is 1. The zero-order chi connectivity index (χ0) is 14.8. The molecule has 0 bridgehead atoms. The Bertz CT molecular complexity index is 766. The summed E-state index contributed by atoms with van der Waals surface area (Å²) in [5.74, 6) is -0.138. The first kappa shape index (κ1) is 14.0. The molecule has 1 N–H and O–H groups in total. The number of thiazole rings is 1. The van der Waals surface area contributed by atoms with E-state index in [0.717, 1.165) is 15.9 Å². The number of carbonyl (C=O) groups is 1. The molecule has 21 heavy (non-hydrogen) atoms. The minimum absolute atomic E-state index is 0.138. The van der Waals surface area contributed by atoms with E-state index in [2.05, 4.69) is 25.9 Å². The van der Waals surface area contributed by atoms with Crippen molar-refractivity contribution in [1.82, 2.24) is 9.97 Å². The molecule has 3 rings (SSSR count). The smallest absolute Gasteiger partial charge is 0.281 e. The minimum Gasteiger partial charge on any atom is -0.356 e. The number of anilines is 2. The van der Waals surface area contributed by atoms with Crippen LogP contribution in [0.5, 0.6) is 0 Å². The zero-order valence-electron chi connectivity index (χ0n) is 11.2. The molecule has 0 saturated carbocycles. The fourth-order valence-corrected chi connectivity index (χ4v) is 3.11. The molecular weight excluding hydrogens is 350 g/mol. The van der Waals surface area contributed by atoms with Gasteiger partial charge in [-0.05, 0) is 41.1 Å². The van der Waals surface area contributed by atoms with Gasteiger partial charge in [0.15, 0.2) is 5.13 Å². The second kappa shape index (κ2) is 5.83. The number of aromatic amines is 1. The third-order valence-corrected chi connectivity index (χ3v) is 4.30. The molecule has 0 atom stereocenters. The topological polar surface area (TPSA) is 49.0 Å². The molecule has 4 nitrogen and oxygen atoms in total. The van der Waals surface area contributed by atoms with Crippen LogP contribution in [0.4, 0.5) is 10.8 Å². The highest BCUT2D eigenvalue weighted by molar-refractivity contribution is 9.10. The highest BCUT2D eigenvalue weighted by Crippen LogP contribution is 2.30. The van der Waals surface area contributed by atoms with Crippen molar-refractivity contribution in [2.45, 2.75) is 6.92 Å². The van der Waals surface area contributed by atoms with Crippen molar-refractivity contribution in [1.29, 1.82) is 0 Å². The fourth-order valence-electron chi connectivity index (χ4n) is 1.95. The van der Waals surface area contributed by atoms with E-state index < -0.39 is 0 Å². The van der Waals surface area contributed by atoms with Gasteiger partial charge in [0.2, 0.25) is 0 Å². The summed E-state index contributed by atoms with van der Waals surface area (Å²) in [6.45, 7) is 1.92. The molecule has 0 radical (unpaired) electrons. The predicted octanol–water partition coefficient (Wildman–Crippen LogP) is 4.52. The highest BCUT2D eigenvalue weighted by atomic mass is 79.9. The van der Waals surface area contributed by atoms with Gasteiger partial charge in [0.1, 0.15) is 5.69 Å². The molecule has 2 aromatic heterocycles. The SMILES string of the molecule is Cc1csc(N(C(=O)c2cc(Br)c[nH]2)c2ccccc2)n1. The molecule has 1 aromatic carbocycles. The summed E-state index contributed by atoms with van der Waals surface area (Å²) in [5.41, 5.74) is 2.21. The van der Waals surface area contributed by atoms with Gasteiger partial charge in [-0.1, -0.05) is 18.2 Å². The molecule has 0 aliphatic heterocycles. The van der Waals surface area contributed by atoms with Crippen LogP contribution >= 0.6 is 27.3 Å². The Morgan fingerprint density at radius 2 is 2.10 bits per heavy atom. The summed E-state index contributed by atoms with van der Waals surface area (Å²) in [5, 5.41) is 2.60. The highest BCUT2D eigenvalue weighted by Gasteiger charge is 2.23. The average molecular weight is 362 g/mol. The maximum absolute atomic E-state index is 12.8. The van der Waals surface area contributed by atoms with Gasteiger partial charge >= 0.3 is 0 Å². The third-order valence-electron chi connectivity index (χ3n) is 2.89. The van der Waals surface area contributed by atoms with Gasteiger partial charge in [-0.3, -0.25) is 9.69 Å². The van der Waals surface area contributed by atoms with Crippen LogP contribution < -0.4 is 4.90 Å². The Labute approximate surface area is 134 Å². The van der Waals surface area contributed by atoms with Crippen LogP contribution in [0.25, 0.3) is 0 Å². The summed E-state index contributed by atoms with van der Waals surface area (Å²) in [6.07, 6.45) is 1.74. The lowest BCUT2D eigenvalue weighted by Crippen LogP contribution is -2.26. The number of carbonyl (C=O) groups excluding carboxylic acids is 1. The molecule has 0 aliphatic rings. The first-order valence-electron chi connectivity index (χ1n) is 6.31. The number of rotatable bonds is 3. The predicted molar refractivity (Wildman–Crippen MR) is 88.3 cm³/mol. The first-order valence-corrected chi connectivity index (χ1v) is 7.98. The van der Waals surface area contributed by atoms with Crippen molar-refractivity contribution >= 4 is 44.0 Å².